The fourth-order valence-corrected chi connectivity index (χ4v) is 2.55. The molecule has 0 unspecified atom stereocenters. The first-order chi connectivity index (χ1) is 13.0. The maximum atomic E-state index is 12.6. The molecular formula is C20H25N3O4. The lowest BCUT2D eigenvalue weighted by atomic mass is 10.2. The van der Waals surface area contributed by atoms with Gasteiger partial charge in [0.15, 0.2) is 0 Å². The molecule has 0 bridgehead atoms. The molecule has 0 saturated carbocycles. The third kappa shape index (κ3) is 6.22. The van der Waals surface area contributed by atoms with Crippen molar-refractivity contribution in [3.63, 3.8) is 0 Å². The molecule has 0 aliphatic carbocycles. The van der Waals surface area contributed by atoms with Gasteiger partial charge in [0.2, 0.25) is 11.8 Å². The number of rotatable bonds is 10. The predicted molar refractivity (Wildman–Crippen MR) is 105 cm³/mol. The molecular weight excluding hydrogens is 346 g/mol. The number of primary amides is 1. The van der Waals surface area contributed by atoms with E-state index >= 15 is 0 Å². The molecule has 2 rings (SSSR count). The number of nitrogens with zero attached hydrogens (tertiary/aromatic N) is 1. The number of carbonyl (C=O) groups is 2. The van der Waals surface area contributed by atoms with Crippen LogP contribution in [0.5, 0.6) is 11.5 Å². The van der Waals surface area contributed by atoms with Gasteiger partial charge in [-0.2, -0.15) is 0 Å². The van der Waals surface area contributed by atoms with Gasteiger partial charge in [0.1, 0.15) is 11.5 Å². The molecule has 2 aromatic carbocycles. The highest BCUT2D eigenvalue weighted by Crippen LogP contribution is 2.24. The molecule has 7 nitrogen and oxygen atoms in total. The summed E-state index contributed by atoms with van der Waals surface area (Å²) >= 11 is 0. The first-order valence-corrected chi connectivity index (χ1v) is 8.72. The molecule has 7 heteroatoms. The van der Waals surface area contributed by atoms with Crippen LogP contribution in [0.4, 0.5) is 11.4 Å². The number of anilines is 2. The maximum absolute atomic E-state index is 12.6. The molecule has 2 aromatic rings. The van der Waals surface area contributed by atoms with E-state index in [2.05, 4.69) is 5.32 Å². The third-order valence-corrected chi connectivity index (χ3v) is 3.86. The summed E-state index contributed by atoms with van der Waals surface area (Å²) < 4.78 is 10.7. The third-order valence-electron chi connectivity index (χ3n) is 3.86. The van der Waals surface area contributed by atoms with Crippen LogP contribution in [-0.2, 0) is 9.59 Å². The number of amides is 2. The van der Waals surface area contributed by atoms with E-state index in [0.717, 1.165) is 5.69 Å². The molecule has 0 aliphatic rings. The summed E-state index contributed by atoms with van der Waals surface area (Å²) in [6.45, 7) is 2.79. The Morgan fingerprint density at radius 2 is 1.81 bits per heavy atom. The first kappa shape index (κ1) is 20.1. The van der Waals surface area contributed by atoms with Gasteiger partial charge in [-0.3, -0.25) is 9.59 Å². The molecule has 3 N–H and O–H groups in total. The van der Waals surface area contributed by atoms with Crippen LogP contribution in [0.1, 0.15) is 13.3 Å². The fraction of sp³-hybridized carbons (Fsp3) is 0.300. The van der Waals surface area contributed by atoms with Gasteiger partial charge in [0.05, 0.1) is 25.9 Å². The van der Waals surface area contributed by atoms with Crippen LogP contribution in [0, 0.1) is 0 Å². The average molecular weight is 371 g/mol. The van der Waals surface area contributed by atoms with E-state index in [9.17, 15) is 9.59 Å². The van der Waals surface area contributed by atoms with Crippen LogP contribution in [0.3, 0.4) is 0 Å². The number of carbonyl (C=O) groups excluding carboxylic acids is 2. The number of methoxy groups -OCH3 is 1. The summed E-state index contributed by atoms with van der Waals surface area (Å²) in [5, 5.41) is 2.86. The molecule has 0 fully saturated rings. The van der Waals surface area contributed by atoms with Crippen LogP contribution in [-0.4, -0.2) is 38.6 Å². The smallest absolute Gasteiger partial charge is 0.243 e. The van der Waals surface area contributed by atoms with E-state index in [1.807, 2.05) is 31.2 Å². The summed E-state index contributed by atoms with van der Waals surface area (Å²) in [7, 11) is 1.59. The Bertz CT molecular complexity index is 762. The van der Waals surface area contributed by atoms with E-state index < -0.39 is 5.91 Å². The molecule has 0 aromatic heterocycles. The fourth-order valence-electron chi connectivity index (χ4n) is 2.55. The van der Waals surface area contributed by atoms with Crippen molar-refractivity contribution in [3.05, 3.63) is 48.5 Å². The number of hydrogen-bond donors (Lipinski definition) is 2. The summed E-state index contributed by atoms with van der Waals surface area (Å²) in [5.74, 6) is 0.684. The monoisotopic (exact) mass is 371 g/mol. The van der Waals surface area contributed by atoms with Gasteiger partial charge in [-0.05, 0) is 43.3 Å². The number of benzene rings is 2. The number of nitrogens with one attached hydrogen (secondary N) is 1. The van der Waals surface area contributed by atoms with Crippen molar-refractivity contribution in [2.24, 2.45) is 5.73 Å². The SMILES string of the molecule is CCOc1ccccc1NC(=O)CN(CCC(N)=O)c1ccc(OC)cc1. The summed E-state index contributed by atoms with van der Waals surface area (Å²) in [5.41, 5.74) is 6.67. The van der Waals surface area contributed by atoms with Gasteiger partial charge in [-0.15, -0.1) is 0 Å². The van der Waals surface area contributed by atoms with E-state index in [4.69, 9.17) is 15.2 Å². The van der Waals surface area contributed by atoms with E-state index in [0.29, 0.717) is 30.3 Å². The zero-order chi connectivity index (χ0) is 19.6. The van der Waals surface area contributed by atoms with Crippen molar-refractivity contribution >= 4 is 23.2 Å². The van der Waals surface area contributed by atoms with Gasteiger partial charge in [0, 0.05) is 18.7 Å². The first-order valence-electron chi connectivity index (χ1n) is 8.72. The molecule has 27 heavy (non-hydrogen) atoms. The molecule has 0 aliphatic heterocycles. The topological polar surface area (TPSA) is 93.9 Å². The highest BCUT2D eigenvalue weighted by Gasteiger charge is 2.14. The highest BCUT2D eigenvalue weighted by molar-refractivity contribution is 5.95. The van der Waals surface area contributed by atoms with Crippen molar-refractivity contribution < 1.29 is 19.1 Å². The molecule has 0 radical (unpaired) electrons. The minimum atomic E-state index is -0.421. The van der Waals surface area contributed by atoms with Gasteiger partial charge in [-0.25, -0.2) is 0 Å². The normalized spacial score (nSPS) is 10.1. The molecule has 0 atom stereocenters. The Kier molecular flexibility index (Phi) is 7.49. The lowest BCUT2D eigenvalue weighted by Crippen LogP contribution is -2.35. The lowest BCUT2D eigenvalue weighted by molar-refractivity contribution is -0.118. The van der Waals surface area contributed by atoms with Gasteiger partial charge < -0.3 is 25.4 Å². The summed E-state index contributed by atoms with van der Waals surface area (Å²) in [6.07, 6.45) is 0.148. The Labute approximate surface area is 159 Å². The lowest BCUT2D eigenvalue weighted by Gasteiger charge is -2.24. The average Bonchev–Trinajstić information content (AvgIpc) is 2.67. The second kappa shape index (κ2) is 10.1. The van der Waals surface area contributed by atoms with Gasteiger partial charge in [-0.1, -0.05) is 12.1 Å². The highest BCUT2D eigenvalue weighted by atomic mass is 16.5. The maximum Gasteiger partial charge on any atom is 0.243 e. The molecule has 144 valence electrons. The van der Waals surface area contributed by atoms with Crippen molar-refractivity contribution in [1.82, 2.24) is 0 Å². The Morgan fingerprint density at radius 1 is 1.11 bits per heavy atom. The minimum Gasteiger partial charge on any atom is -0.497 e. The Hall–Kier alpha value is -3.22. The largest absolute Gasteiger partial charge is 0.497 e. The Morgan fingerprint density at radius 3 is 2.44 bits per heavy atom. The number of nitrogens with two attached hydrogens (primary N) is 1. The summed E-state index contributed by atoms with van der Waals surface area (Å²) in [6, 6.07) is 14.5. The summed E-state index contributed by atoms with van der Waals surface area (Å²) in [4.78, 5) is 25.6. The number of hydrogen-bond acceptors (Lipinski definition) is 5. The zero-order valence-electron chi connectivity index (χ0n) is 15.6. The van der Waals surface area contributed by atoms with E-state index in [1.165, 1.54) is 0 Å². The van der Waals surface area contributed by atoms with Crippen molar-refractivity contribution in [2.45, 2.75) is 13.3 Å². The van der Waals surface area contributed by atoms with Crippen LogP contribution in [0.2, 0.25) is 0 Å². The van der Waals surface area contributed by atoms with Crippen LogP contribution < -0.4 is 25.4 Å². The van der Waals surface area contributed by atoms with Crippen molar-refractivity contribution in [2.75, 3.05) is 37.0 Å². The molecule has 0 heterocycles. The Balaban J connectivity index is 2.11. The standard InChI is InChI=1S/C20H25N3O4/c1-3-27-18-7-5-4-6-17(18)22-20(25)14-23(13-12-19(21)24)15-8-10-16(26-2)11-9-15/h4-11H,3,12-14H2,1-2H3,(H2,21,24)(H,22,25). The molecule has 2 amide bonds. The van der Waals surface area contributed by atoms with Crippen molar-refractivity contribution in [3.8, 4) is 11.5 Å². The van der Waals surface area contributed by atoms with Crippen LogP contribution >= 0.6 is 0 Å². The van der Waals surface area contributed by atoms with Crippen LogP contribution in [0.15, 0.2) is 48.5 Å². The molecule has 0 spiro atoms. The molecule has 0 saturated heterocycles. The predicted octanol–water partition coefficient (Wildman–Crippen LogP) is 2.41. The number of ether oxygens (including phenoxy) is 2. The second-order valence-corrected chi connectivity index (χ2v) is 5.81. The zero-order valence-corrected chi connectivity index (χ0v) is 15.6. The van der Waals surface area contributed by atoms with Gasteiger partial charge >= 0.3 is 0 Å². The quantitative estimate of drug-likeness (QED) is 0.669. The van der Waals surface area contributed by atoms with E-state index in [1.54, 1.807) is 36.3 Å². The van der Waals surface area contributed by atoms with Crippen molar-refractivity contribution in [1.29, 1.82) is 0 Å². The van der Waals surface area contributed by atoms with Gasteiger partial charge in [0.25, 0.3) is 0 Å². The minimum absolute atomic E-state index is 0.0695. The number of para-hydroxylation sites is 2. The second-order valence-electron chi connectivity index (χ2n) is 5.81. The van der Waals surface area contributed by atoms with Crippen LogP contribution in [0.25, 0.3) is 0 Å². The van der Waals surface area contributed by atoms with E-state index in [-0.39, 0.29) is 18.9 Å².